The number of nitrogens with zero attached hydrogens (tertiary/aromatic N) is 1. The van der Waals surface area contributed by atoms with Gasteiger partial charge < -0.3 is 24.3 Å². The van der Waals surface area contributed by atoms with Gasteiger partial charge in [-0.05, 0) is 37.3 Å². The second-order valence-corrected chi connectivity index (χ2v) is 5.93. The molecule has 0 aliphatic rings. The van der Waals surface area contributed by atoms with E-state index in [0.29, 0.717) is 17.9 Å². The Labute approximate surface area is 172 Å². The fourth-order valence-corrected chi connectivity index (χ4v) is 2.53. The number of nitro benzene ring substituents is 1. The van der Waals surface area contributed by atoms with Crippen LogP contribution < -0.4 is 14.8 Å². The number of nitro groups is 1. The van der Waals surface area contributed by atoms with Crippen LogP contribution in [0.4, 0.5) is 11.4 Å². The molecule has 160 valence electrons. The van der Waals surface area contributed by atoms with Gasteiger partial charge in [0.2, 0.25) is 0 Å². The van der Waals surface area contributed by atoms with Crippen molar-refractivity contribution in [1.82, 2.24) is 0 Å². The van der Waals surface area contributed by atoms with Gasteiger partial charge in [0.15, 0.2) is 6.61 Å². The van der Waals surface area contributed by atoms with Crippen molar-refractivity contribution in [2.45, 2.75) is 13.5 Å². The van der Waals surface area contributed by atoms with Gasteiger partial charge in [0.05, 0.1) is 37.4 Å². The molecule has 2 rings (SSSR count). The number of rotatable bonds is 10. The molecular formula is C20H22N2O8. The number of methoxy groups -OCH3 is 2. The van der Waals surface area contributed by atoms with Gasteiger partial charge in [-0.25, -0.2) is 4.79 Å². The molecule has 10 nitrogen and oxygen atoms in total. The topological polar surface area (TPSA) is 126 Å². The zero-order chi connectivity index (χ0) is 22.1. The zero-order valence-corrected chi connectivity index (χ0v) is 16.8. The first-order valence-electron chi connectivity index (χ1n) is 8.93. The number of ether oxygens (including phenoxy) is 4. The van der Waals surface area contributed by atoms with Crippen LogP contribution in [0.2, 0.25) is 0 Å². The summed E-state index contributed by atoms with van der Waals surface area (Å²) in [5.41, 5.74) is 0.496. The fourth-order valence-electron chi connectivity index (χ4n) is 2.53. The van der Waals surface area contributed by atoms with Gasteiger partial charge in [-0.3, -0.25) is 14.9 Å². The highest BCUT2D eigenvalue weighted by atomic mass is 16.6. The quantitative estimate of drug-likeness (QED) is 0.354. The van der Waals surface area contributed by atoms with Crippen LogP contribution in [0.25, 0.3) is 0 Å². The Morgan fingerprint density at radius 2 is 1.87 bits per heavy atom. The zero-order valence-electron chi connectivity index (χ0n) is 16.8. The first-order chi connectivity index (χ1) is 14.4. The van der Waals surface area contributed by atoms with Crippen molar-refractivity contribution in [1.29, 1.82) is 0 Å². The molecule has 0 unspecified atom stereocenters. The third-order valence-electron chi connectivity index (χ3n) is 3.99. The van der Waals surface area contributed by atoms with E-state index in [0.717, 1.165) is 0 Å². The number of amides is 1. The second-order valence-electron chi connectivity index (χ2n) is 5.93. The second kappa shape index (κ2) is 10.8. The Morgan fingerprint density at radius 1 is 1.10 bits per heavy atom. The van der Waals surface area contributed by atoms with Crippen molar-refractivity contribution in [3.63, 3.8) is 0 Å². The molecule has 0 heterocycles. The van der Waals surface area contributed by atoms with E-state index in [1.807, 2.05) is 6.92 Å². The Balaban J connectivity index is 2.03. The molecule has 30 heavy (non-hydrogen) atoms. The van der Waals surface area contributed by atoms with Gasteiger partial charge in [-0.15, -0.1) is 0 Å². The van der Waals surface area contributed by atoms with Crippen molar-refractivity contribution >= 4 is 23.3 Å². The largest absolute Gasteiger partial charge is 0.496 e. The molecule has 10 heteroatoms. The van der Waals surface area contributed by atoms with E-state index in [-0.39, 0.29) is 29.3 Å². The lowest BCUT2D eigenvalue weighted by Crippen LogP contribution is -2.21. The highest BCUT2D eigenvalue weighted by Crippen LogP contribution is 2.29. The normalized spacial score (nSPS) is 10.2. The van der Waals surface area contributed by atoms with Crippen LogP contribution in [-0.2, 0) is 20.9 Å². The predicted octanol–water partition coefficient (Wildman–Crippen LogP) is 2.94. The van der Waals surface area contributed by atoms with Crippen molar-refractivity contribution in [2.75, 3.05) is 32.8 Å². The van der Waals surface area contributed by atoms with Gasteiger partial charge in [0, 0.05) is 12.2 Å². The van der Waals surface area contributed by atoms with Gasteiger partial charge in [-0.1, -0.05) is 0 Å². The molecule has 1 N–H and O–H groups in total. The average Bonchev–Trinajstić information content (AvgIpc) is 2.75. The Bertz CT molecular complexity index is 929. The Morgan fingerprint density at radius 3 is 2.50 bits per heavy atom. The minimum absolute atomic E-state index is 0.0368. The molecule has 0 aliphatic heterocycles. The number of anilines is 1. The molecule has 0 bridgehead atoms. The molecule has 0 fully saturated rings. The monoisotopic (exact) mass is 418 g/mol. The molecule has 0 saturated heterocycles. The maximum atomic E-state index is 12.3. The van der Waals surface area contributed by atoms with Crippen LogP contribution >= 0.6 is 0 Å². The summed E-state index contributed by atoms with van der Waals surface area (Å²) in [7, 11) is 2.88. The first-order valence-corrected chi connectivity index (χ1v) is 8.93. The highest BCUT2D eigenvalue weighted by molar-refractivity contribution is 5.97. The van der Waals surface area contributed by atoms with Crippen molar-refractivity contribution in [3.8, 4) is 11.5 Å². The lowest BCUT2D eigenvalue weighted by Gasteiger charge is -2.11. The van der Waals surface area contributed by atoms with Crippen LogP contribution in [0, 0.1) is 10.1 Å². The van der Waals surface area contributed by atoms with Gasteiger partial charge in [-0.2, -0.15) is 0 Å². The molecule has 0 saturated carbocycles. The van der Waals surface area contributed by atoms with E-state index >= 15 is 0 Å². The highest BCUT2D eigenvalue weighted by Gasteiger charge is 2.19. The average molecular weight is 418 g/mol. The van der Waals surface area contributed by atoms with E-state index < -0.39 is 23.4 Å². The summed E-state index contributed by atoms with van der Waals surface area (Å²) in [5.74, 6) is -0.618. The molecule has 0 atom stereocenters. The molecule has 2 aromatic carbocycles. The summed E-state index contributed by atoms with van der Waals surface area (Å²) in [6.45, 7) is 1.98. The minimum Gasteiger partial charge on any atom is -0.496 e. The number of benzene rings is 2. The molecule has 2 aromatic rings. The predicted molar refractivity (Wildman–Crippen MR) is 107 cm³/mol. The van der Waals surface area contributed by atoms with Gasteiger partial charge >= 0.3 is 5.97 Å². The number of carbonyl (C=O) groups excluding carboxylic acids is 2. The van der Waals surface area contributed by atoms with E-state index in [2.05, 4.69) is 5.32 Å². The third kappa shape index (κ3) is 5.92. The number of esters is 1. The van der Waals surface area contributed by atoms with Gasteiger partial charge in [0.25, 0.3) is 11.6 Å². The first kappa shape index (κ1) is 22.6. The molecule has 0 spiro atoms. The molecule has 0 radical (unpaired) electrons. The lowest BCUT2D eigenvalue weighted by atomic mass is 10.1. The maximum absolute atomic E-state index is 12.3. The summed E-state index contributed by atoms with van der Waals surface area (Å²) in [4.78, 5) is 34.9. The van der Waals surface area contributed by atoms with Crippen LogP contribution in [0.5, 0.6) is 11.5 Å². The Hall–Kier alpha value is -3.66. The molecule has 0 aliphatic carbocycles. The lowest BCUT2D eigenvalue weighted by molar-refractivity contribution is -0.384. The summed E-state index contributed by atoms with van der Waals surface area (Å²) < 4.78 is 20.5. The number of hydrogen-bond donors (Lipinski definition) is 1. The van der Waals surface area contributed by atoms with Crippen LogP contribution in [0.3, 0.4) is 0 Å². The van der Waals surface area contributed by atoms with Crippen LogP contribution in [0.15, 0.2) is 36.4 Å². The SMILES string of the molecule is CCOCc1cc(C(=O)OCC(=O)Nc2ccc(OC)cc2[N+](=O)[O-])ccc1OC. The number of hydrogen-bond acceptors (Lipinski definition) is 8. The van der Waals surface area contributed by atoms with Crippen molar-refractivity contribution in [3.05, 3.63) is 57.6 Å². The summed E-state index contributed by atoms with van der Waals surface area (Å²) in [6, 6.07) is 8.64. The van der Waals surface area contributed by atoms with E-state index in [9.17, 15) is 19.7 Å². The molecule has 1 amide bonds. The summed E-state index contributed by atoms with van der Waals surface area (Å²) in [6.07, 6.45) is 0. The van der Waals surface area contributed by atoms with Crippen molar-refractivity contribution in [2.24, 2.45) is 0 Å². The van der Waals surface area contributed by atoms with Gasteiger partial charge in [0.1, 0.15) is 17.2 Å². The number of carbonyl (C=O) groups is 2. The molecular weight excluding hydrogens is 396 g/mol. The standard InChI is InChI=1S/C20H22N2O8/c1-4-29-11-14-9-13(5-8-18(14)28-3)20(24)30-12-19(23)21-16-7-6-15(27-2)10-17(16)22(25)26/h5-10H,4,11-12H2,1-3H3,(H,21,23). The smallest absolute Gasteiger partial charge is 0.338 e. The fraction of sp³-hybridized carbons (Fsp3) is 0.300. The van der Waals surface area contributed by atoms with E-state index in [4.69, 9.17) is 18.9 Å². The third-order valence-corrected chi connectivity index (χ3v) is 3.99. The van der Waals surface area contributed by atoms with E-state index in [1.165, 1.54) is 38.5 Å². The maximum Gasteiger partial charge on any atom is 0.338 e. The summed E-state index contributed by atoms with van der Waals surface area (Å²) >= 11 is 0. The minimum atomic E-state index is -0.727. The number of nitrogens with one attached hydrogen (secondary N) is 1. The Kier molecular flexibility index (Phi) is 8.12. The molecule has 0 aromatic heterocycles. The van der Waals surface area contributed by atoms with E-state index in [1.54, 1.807) is 12.1 Å². The summed E-state index contributed by atoms with van der Waals surface area (Å²) in [5, 5.41) is 13.5. The van der Waals surface area contributed by atoms with Crippen LogP contribution in [0.1, 0.15) is 22.8 Å². The van der Waals surface area contributed by atoms with Crippen molar-refractivity contribution < 1.29 is 33.5 Å². The van der Waals surface area contributed by atoms with Crippen LogP contribution in [-0.4, -0.2) is 44.2 Å².